The van der Waals surface area contributed by atoms with Gasteiger partial charge in [0.1, 0.15) is 11.3 Å². The number of fused-ring (bicyclic) bond motifs is 5. The average molecular weight is 816 g/mol. The second-order valence-electron chi connectivity index (χ2n) is 16.5. The maximum Gasteiger partial charge on any atom is 0.143 e. The molecular formula is C62H41NO. The lowest BCUT2D eigenvalue weighted by atomic mass is 9.96. The Bertz CT molecular complexity index is 3630. The molecule has 0 spiro atoms. The predicted octanol–water partition coefficient (Wildman–Crippen LogP) is 17.7. The van der Waals surface area contributed by atoms with Crippen LogP contribution in [0.2, 0.25) is 0 Å². The summed E-state index contributed by atoms with van der Waals surface area (Å²) in [4.78, 5) is 2.35. The number of rotatable bonds is 8. The molecule has 0 aliphatic heterocycles. The Labute approximate surface area is 372 Å². The fourth-order valence-electron chi connectivity index (χ4n) is 9.49. The highest BCUT2D eigenvalue weighted by molar-refractivity contribution is 6.08. The van der Waals surface area contributed by atoms with E-state index in [1.165, 1.54) is 60.1 Å². The van der Waals surface area contributed by atoms with E-state index in [0.29, 0.717) is 0 Å². The van der Waals surface area contributed by atoms with Gasteiger partial charge < -0.3 is 9.32 Å². The summed E-state index contributed by atoms with van der Waals surface area (Å²) in [6.07, 6.45) is 0. The van der Waals surface area contributed by atoms with Gasteiger partial charge in [-0.1, -0.05) is 200 Å². The Kier molecular flexibility index (Phi) is 9.20. The van der Waals surface area contributed by atoms with Gasteiger partial charge in [-0.25, -0.2) is 0 Å². The quantitative estimate of drug-likeness (QED) is 0.142. The first-order valence-corrected chi connectivity index (χ1v) is 21.9. The Balaban J connectivity index is 0.932. The van der Waals surface area contributed by atoms with Crippen LogP contribution in [0, 0.1) is 0 Å². The summed E-state index contributed by atoms with van der Waals surface area (Å²) in [7, 11) is 0. The molecule has 0 radical (unpaired) electrons. The molecule has 0 unspecified atom stereocenters. The van der Waals surface area contributed by atoms with Crippen molar-refractivity contribution in [3.05, 3.63) is 249 Å². The molecule has 1 aromatic heterocycles. The molecule has 64 heavy (non-hydrogen) atoms. The molecule has 0 fully saturated rings. The third kappa shape index (κ3) is 6.70. The zero-order chi connectivity index (χ0) is 42.4. The topological polar surface area (TPSA) is 16.4 Å². The van der Waals surface area contributed by atoms with E-state index >= 15 is 0 Å². The maximum atomic E-state index is 6.71. The van der Waals surface area contributed by atoms with Gasteiger partial charge in [-0.3, -0.25) is 0 Å². The second kappa shape index (κ2) is 15.8. The fraction of sp³-hybridized carbons (Fsp3) is 0. The fourth-order valence-corrected chi connectivity index (χ4v) is 9.49. The van der Waals surface area contributed by atoms with Crippen LogP contribution in [-0.2, 0) is 0 Å². The minimum atomic E-state index is 0.857. The van der Waals surface area contributed by atoms with Gasteiger partial charge in [-0.05, 0) is 120 Å². The van der Waals surface area contributed by atoms with Crippen molar-refractivity contribution in [2.24, 2.45) is 0 Å². The molecule has 12 rings (SSSR count). The number of para-hydroxylation sites is 1. The van der Waals surface area contributed by atoms with E-state index in [1.807, 2.05) is 6.07 Å². The van der Waals surface area contributed by atoms with Crippen molar-refractivity contribution in [1.82, 2.24) is 0 Å². The standard InChI is InChI=1S/C62H41NO/c1-2-14-48(15-3-1)61-59-21-8-9-23-60(59)64-62(61)51-17-10-18-54(41-51)63(53-37-32-44(33-38-53)49-34-39-58-50(40-49)29-28-46-13-5-7-20-56(46)58)52-35-30-43(31-36-52)42-24-26-47(27-25-42)57-22-11-16-45-12-4-6-19-55(45)57/h1-41H. The van der Waals surface area contributed by atoms with Gasteiger partial charge in [0.2, 0.25) is 0 Å². The monoisotopic (exact) mass is 815 g/mol. The Morgan fingerprint density at radius 3 is 1.53 bits per heavy atom. The van der Waals surface area contributed by atoms with Crippen LogP contribution in [0.4, 0.5) is 17.1 Å². The van der Waals surface area contributed by atoms with E-state index in [2.05, 4.69) is 248 Å². The molecule has 11 aromatic carbocycles. The third-order valence-electron chi connectivity index (χ3n) is 12.7. The number of anilines is 3. The number of nitrogens with zero attached hydrogens (tertiary/aromatic N) is 1. The molecule has 0 atom stereocenters. The molecule has 1 heterocycles. The van der Waals surface area contributed by atoms with E-state index in [4.69, 9.17) is 4.42 Å². The summed E-state index contributed by atoms with van der Waals surface area (Å²) in [5.41, 5.74) is 14.4. The number of hydrogen-bond acceptors (Lipinski definition) is 2. The first-order chi connectivity index (χ1) is 31.7. The van der Waals surface area contributed by atoms with E-state index in [9.17, 15) is 0 Å². The van der Waals surface area contributed by atoms with Crippen molar-refractivity contribution in [1.29, 1.82) is 0 Å². The van der Waals surface area contributed by atoms with Crippen LogP contribution >= 0.6 is 0 Å². The summed E-state index contributed by atoms with van der Waals surface area (Å²) in [5, 5.41) is 8.67. The number of benzene rings is 11. The van der Waals surface area contributed by atoms with Crippen LogP contribution in [0.1, 0.15) is 0 Å². The second-order valence-corrected chi connectivity index (χ2v) is 16.5. The maximum absolute atomic E-state index is 6.71. The molecule has 0 saturated carbocycles. The normalized spacial score (nSPS) is 11.4. The Hall–Kier alpha value is -8.46. The zero-order valence-corrected chi connectivity index (χ0v) is 35.0. The lowest BCUT2D eigenvalue weighted by Gasteiger charge is -2.26. The van der Waals surface area contributed by atoms with Gasteiger partial charge in [-0.15, -0.1) is 0 Å². The van der Waals surface area contributed by atoms with Gasteiger partial charge in [-0.2, -0.15) is 0 Å². The van der Waals surface area contributed by atoms with Crippen molar-refractivity contribution in [3.8, 4) is 55.8 Å². The van der Waals surface area contributed by atoms with E-state index in [-0.39, 0.29) is 0 Å². The van der Waals surface area contributed by atoms with Crippen molar-refractivity contribution < 1.29 is 4.42 Å². The van der Waals surface area contributed by atoms with Crippen LogP contribution in [0.15, 0.2) is 253 Å². The Morgan fingerprint density at radius 2 is 0.781 bits per heavy atom. The van der Waals surface area contributed by atoms with Crippen LogP contribution in [-0.4, -0.2) is 0 Å². The first kappa shape index (κ1) is 37.3. The summed E-state index contributed by atoms with van der Waals surface area (Å²) >= 11 is 0. The number of furan rings is 1. The van der Waals surface area contributed by atoms with E-state index in [0.717, 1.165) is 56.0 Å². The average Bonchev–Trinajstić information content (AvgIpc) is 3.77. The van der Waals surface area contributed by atoms with Crippen molar-refractivity contribution in [3.63, 3.8) is 0 Å². The van der Waals surface area contributed by atoms with Crippen LogP contribution < -0.4 is 4.90 Å². The number of hydrogen-bond donors (Lipinski definition) is 0. The summed E-state index contributed by atoms with van der Waals surface area (Å²) in [6.45, 7) is 0. The van der Waals surface area contributed by atoms with Crippen molar-refractivity contribution in [2.45, 2.75) is 0 Å². The van der Waals surface area contributed by atoms with Gasteiger partial charge in [0.15, 0.2) is 0 Å². The van der Waals surface area contributed by atoms with Gasteiger partial charge in [0.25, 0.3) is 0 Å². The molecule has 300 valence electrons. The van der Waals surface area contributed by atoms with Crippen LogP contribution in [0.3, 0.4) is 0 Å². The van der Waals surface area contributed by atoms with E-state index < -0.39 is 0 Å². The lowest BCUT2D eigenvalue weighted by molar-refractivity contribution is 0.632. The minimum Gasteiger partial charge on any atom is -0.455 e. The van der Waals surface area contributed by atoms with Gasteiger partial charge >= 0.3 is 0 Å². The lowest BCUT2D eigenvalue weighted by Crippen LogP contribution is -2.10. The Morgan fingerprint density at radius 1 is 0.266 bits per heavy atom. The summed E-state index contributed by atoms with van der Waals surface area (Å²) in [5.74, 6) is 0.857. The largest absolute Gasteiger partial charge is 0.455 e. The molecule has 0 N–H and O–H groups in total. The molecule has 0 bridgehead atoms. The van der Waals surface area contributed by atoms with Crippen LogP contribution in [0.25, 0.3) is 99.1 Å². The smallest absolute Gasteiger partial charge is 0.143 e. The predicted molar refractivity (Wildman–Crippen MR) is 271 cm³/mol. The zero-order valence-electron chi connectivity index (χ0n) is 35.0. The SMILES string of the molecule is c1ccc(-c2c(-c3cccc(N(c4ccc(-c5ccc(-c6cccc7ccccc67)cc5)cc4)c4ccc(-c5ccc6c(ccc7ccccc76)c5)cc4)c3)oc3ccccc23)cc1. The highest BCUT2D eigenvalue weighted by Gasteiger charge is 2.20. The third-order valence-corrected chi connectivity index (χ3v) is 12.7. The first-order valence-electron chi connectivity index (χ1n) is 21.9. The van der Waals surface area contributed by atoms with Crippen molar-refractivity contribution >= 4 is 60.3 Å². The molecular weight excluding hydrogens is 775 g/mol. The highest BCUT2D eigenvalue weighted by Crippen LogP contribution is 2.44. The van der Waals surface area contributed by atoms with E-state index in [1.54, 1.807) is 0 Å². The molecule has 0 aliphatic carbocycles. The molecule has 0 aliphatic rings. The molecule has 12 aromatic rings. The molecule has 2 heteroatoms. The van der Waals surface area contributed by atoms with Crippen molar-refractivity contribution in [2.75, 3.05) is 4.90 Å². The minimum absolute atomic E-state index is 0.857. The van der Waals surface area contributed by atoms with Crippen LogP contribution in [0.5, 0.6) is 0 Å². The summed E-state index contributed by atoms with van der Waals surface area (Å²) < 4.78 is 6.71. The summed E-state index contributed by atoms with van der Waals surface area (Å²) in [6, 6.07) is 89.5. The van der Waals surface area contributed by atoms with Gasteiger partial charge in [0, 0.05) is 33.6 Å². The van der Waals surface area contributed by atoms with Gasteiger partial charge in [0.05, 0.1) is 0 Å². The molecule has 0 saturated heterocycles. The molecule has 0 amide bonds. The molecule has 2 nitrogen and oxygen atoms in total. The highest BCUT2D eigenvalue weighted by atomic mass is 16.3.